The molecule has 0 spiro atoms. The number of anilines is 1. The molecule has 0 aliphatic heterocycles. The van der Waals surface area contributed by atoms with E-state index in [1.165, 1.54) is 12.1 Å². The number of nitrogens with one attached hydrogen (secondary N) is 1. The van der Waals surface area contributed by atoms with Gasteiger partial charge in [-0.1, -0.05) is 35.0 Å². The van der Waals surface area contributed by atoms with E-state index < -0.39 is 4.92 Å². The van der Waals surface area contributed by atoms with Crippen molar-refractivity contribution in [2.75, 3.05) is 5.32 Å². The van der Waals surface area contributed by atoms with E-state index >= 15 is 0 Å². The summed E-state index contributed by atoms with van der Waals surface area (Å²) >= 11 is 6.07. The van der Waals surface area contributed by atoms with Crippen molar-refractivity contribution in [3.05, 3.63) is 69.5 Å². The smallest absolute Gasteiger partial charge is 0.271 e. The first-order valence-electron chi connectivity index (χ1n) is 7.14. The molecule has 1 unspecified atom stereocenters. The highest BCUT2D eigenvalue weighted by Gasteiger charge is 2.17. The van der Waals surface area contributed by atoms with Crippen LogP contribution in [-0.2, 0) is 0 Å². The lowest BCUT2D eigenvalue weighted by Crippen LogP contribution is -2.08. The van der Waals surface area contributed by atoms with Gasteiger partial charge in [0.2, 0.25) is 0 Å². The second-order valence-electron chi connectivity index (χ2n) is 5.11. The first kappa shape index (κ1) is 15.9. The van der Waals surface area contributed by atoms with E-state index in [4.69, 9.17) is 16.1 Å². The van der Waals surface area contributed by atoms with Crippen LogP contribution in [0.4, 0.5) is 11.4 Å². The molecule has 1 aromatic heterocycles. The van der Waals surface area contributed by atoms with E-state index in [-0.39, 0.29) is 16.8 Å². The lowest BCUT2D eigenvalue weighted by Gasteiger charge is -2.12. The van der Waals surface area contributed by atoms with Gasteiger partial charge in [0.1, 0.15) is 0 Å². The third-order valence-corrected chi connectivity index (χ3v) is 3.70. The fourth-order valence-corrected chi connectivity index (χ4v) is 2.37. The Morgan fingerprint density at radius 2 is 2.00 bits per heavy atom. The summed E-state index contributed by atoms with van der Waals surface area (Å²) in [6.45, 7) is 1.84. The number of nitro benzene ring substituents is 1. The minimum absolute atomic E-state index is 0.0656. The molecule has 7 nitrogen and oxygen atoms in total. The molecule has 0 fully saturated rings. The molecule has 3 aromatic rings. The Labute approximate surface area is 142 Å². The van der Waals surface area contributed by atoms with Crippen molar-refractivity contribution in [2.45, 2.75) is 13.0 Å². The Morgan fingerprint density at radius 3 is 2.67 bits per heavy atom. The van der Waals surface area contributed by atoms with Crippen LogP contribution in [0, 0.1) is 10.1 Å². The Bertz CT molecular complexity index is 867. The number of rotatable bonds is 5. The average Bonchev–Trinajstić information content (AvgIpc) is 3.07. The zero-order chi connectivity index (χ0) is 17.1. The van der Waals surface area contributed by atoms with Crippen LogP contribution >= 0.6 is 11.6 Å². The monoisotopic (exact) mass is 344 g/mol. The van der Waals surface area contributed by atoms with Gasteiger partial charge in [-0.2, -0.15) is 4.98 Å². The van der Waals surface area contributed by atoms with Crippen LogP contribution in [0.25, 0.3) is 11.5 Å². The number of non-ortho nitro benzene ring substituents is 1. The standard InChI is InChI=1S/C16H13ClN4O3/c1-10(18-14-8-7-12(21(22)23)9-13(14)17)15-19-16(24-20-15)11-5-3-2-4-6-11/h2-10,18H,1H3. The van der Waals surface area contributed by atoms with Gasteiger partial charge < -0.3 is 9.84 Å². The molecular formula is C16H13ClN4O3. The van der Waals surface area contributed by atoms with Crippen LogP contribution in [0.3, 0.4) is 0 Å². The zero-order valence-corrected chi connectivity index (χ0v) is 13.4. The van der Waals surface area contributed by atoms with Crippen LogP contribution in [0.15, 0.2) is 53.1 Å². The van der Waals surface area contributed by atoms with Gasteiger partial charge in [0.05, 0.1) is 21.7 Å². The summed E-state index contributed by atoms with van der Waals surface area (Å²) in [7, 11) is 0. The Hall–Kier alpha value is -2.93. The van der Waals surface area contributed by atoms with Crippen LogP contribution in [0.5, 0.6) is 0 Å². The topological polar surface area (TPSA) is 94.1 Å². The molecule has 0 aliphatic rings. The van der Waals surface area contributed by atoms with Crippen molar-refractivity contribution in [2.24, 2.45) is 0 Å². The molecule has 2 aromatic carbocycles. The van der Waals surface area contributed by atoms with Gasteiger partial charge in [-0.05, 0) is 25.1 Å². The van der Waals surface area contributed by atoms with Gasteiger partial charge in [-0.25, -0.2) is 0 Å². The molecule has 24 heavy (non-hydrogen) atoms. The van der Waals surface area contributed by atoms with Gasteiger partial charge in [-0.15, -0.1) is 0 Å². The van der Waals surface area contributed by atoms with E-state index in [2.05, 4.69) is 15.5 Å². The summed E-state index contributed by atoms with van der Waals surface area (Å²) in [6, 6.07) is 13.4. The van der Waals surface area contributed by atoms with Crippen LogP contribution in [0.2, 0.25) is 5.02 Å². The molecule has 1 N–H and O–H groups in total. The van der Waals surface area contributed by atoms with Gasteiger partial charge in [-0.3, -0.25) is 10.1 Å². The Balaban J connectivity index is 1.77. The summed E-state index contributed by atoms with van der Waals surface area (Å²) in [6.07, 6.45) is 0. The highest BCUT2D eigenvalue weighted by molar-refractivity contribution is 6.33. The third-order valence-electron chi connectivity index (χ3n) is 3.39. The molecule has 0 saturated heterocycles. The molecule has 0 bridgehead atoms. The number of aromatic nitrogens is 2. The molecule has 122 valence electrons. The lowest BCUT2D eigenvalue weighted by atomic mass is 10.2. The van der Waals surface area contributed by atoms with E-state index in [9.17, 15) is 10.1 Å². The number of benzene rings is 2. The third kappa shape index (κ3) is 3.36. The maximum Gasteiger partial charge on any atom is 0.271 e. The fraction of sp³-hybridized carbons (Fsp3) is 0.125. The molecule has 8 heteroatoms. The minimum Gasteiger partial charge on any atom is -0.374 e. The van der Waals surface area contributed by atoms with E-state index in [0.717, 1.165) is 5.56 Å². The summed E-state index contributed by atoms with van der Waals surface area (Å²) in [5, 5.41) is 18.1. The molecule has 0 radical (unpaired) electrons. The molecule has 1 atom stereocenters. The van der Waals surface area contributed by atoms with Crippen molar-refractivity contribution in [3.8, 4) is 11.5 Å². The molecule has 0 amide bonds. The normalized spacial score (nSPS) is 11.9. The predicted octanol–water partition coefficient (Wildman–Crippen LogP) is 4.47. The number of hydrogen-bond acceptors (Lipinski definition) is 6. The zero-order valence-electron chi connectivity index (χ0n) is 12.6. The van der Waals surface area contributed by atoms with Crippen molar-refractivity contribution in [1.82, 2.24) is 10.1 Å². The Morgan fingerprint density at radius 1 is 1.25 bits per heavy atom. The van der Waals surface area contributed by atoms with Crippen LogP contribution < -0.4 is 5.32 Å². The Kier molecular flexibility index (Phi) is 4.43. The first-order valence-corrected chi connectivity index (χ1v) is 7.52. The average molecular weight is 345 g/mol. The van der Waals surface area contributed by atoms with Crippen molar-refractivity contribution in [3.63, 3.8) is 0 Å². The predicted molar refractivity (Wildman–Crippen MR) is 89.9 cm³/mol. The molecule has 0 saturated carbocycles. The highest BCUT2D eigenvalue weighted by Crippen LogP contribution is 2.29. The van der Waals surface area contributed by atoms with Gasteiger partial charge in [0, 0.05) is 17.7 Å². The van der Waals surface area contributed by atoms with Crippen LogP contribution in [0.1, 0.15) is 18.8 Å². The van der Waals surface area contributed by atoms with Crippen molar-refractivity contribution < 1.29 is 9.45 Å². The van der Waals surface area contributed by atoms with Gasteiger partial charge >= 0.3 is 0 Å². The first-order chi connectivity index (χ1) is 11.5. The van der Waals surface area contributed by atoms with Crippen molar-refractivity contribution in [1.29, 1.82) is 0 Å². The minimum atomic E-state index is -0.496. The quantitative estimate of drug-likeness (QED) is 0.542. The molecular weight excluding hydrogens is 332 g/mol. The highest BCUT2D eigenvalue weighted by atomic mass is 35.5. The number of hydrogen-bond donors (Lipinski definition) is 1. The molecule has 1 heterocycles. The van der Waals surface area contributed by atoms with Gasteiger partial charge in [0.15, 0.2) is 5.82 Å². The van der Waals surface area contributed by atoms with Crippen LogP contribution in [-0.4, -0.2) is 15.1 Å². The largest absolute Gasteiger partial charge is 0.374 e. The SMILES string of the molecule is CC(Nc1ccc([N+](=O)[O-])cc1Cl)c1noc(-c2ccccc2)n1. The fourth-order valence-electron chi connectivity index (χ4n) is 2.14. The number of halogens is 1. The second kappa shape index (κ2) is 6.67. The summed E-state index contributed by atoms with van der Waals surface area (Å²) in [4.78, 5) is 14.6. The number of nitro groups is 1. The second-order valence-corrected chi connectivity index (χ2v) is 5.52. The lowest BCUT2D eigenvalue weighted by molar-refractivity contribution is -0.384. The maximum atomic E-state index is 10.7. The summed E-state index contributed by atoms with van der Waals surface area (Å²) < 4.78 is 5.27. The summed E-state index contributed by atoms with van der Waals surface area (Å²) in [5.41, 5.74) is 1.32. The van der Waals surface area contributed by atoms with Gasteiger partial charge in [0.25, 0.3) is 11.6 Å². The van der Waals surface area contributed by atoms with Crippen molar-refractivity contribution >= 4 is 23.0 Å². The maximum absolute atomic E-state index is 10.7. The summed E-state index contributed by atoms with van der Waals surface area (Å²) in [5.74, 6) is 0.886. The van der Waals surface area contributed by atoms with E-state index in [0.29, 0.717) is 17.4 Å². The molecule has 0 aliphatic carbocycles. The number of nitrogens with zero attached hydrogens (tertiary/aromatic N) is 3. The van der Waals surface area contributed by atoms with E-state index in [1.54, 1.807) is 6.07 Å². The molecule has 3 rings (SSSR count). The van der Waals surface area contributed by atoms with E-state index in [1.807, 2.05) is 37.3 Å².